The first kappa shape index (κ1) is 21.5. The van der Waals surface area contributed by atoms with E-state index >= 15 is 0 Å². The quantitative estimate of drug-likeness (QED) is 0.551. The van der Waals surface area contributed by atoms with Gasteiger partial charge in [-0.15, -0.1) is 12.4 Å². The summed E-state index contributed by atoms with van der Waals surface area (Å²) in [5.74, 6) is 0. The van der Waals surface area contributed by atoms with Crippen molar-refractivity contribution in [3.8, 4) is 6.07 Å². The lowest BCUT2D eigenvalue weighted by Crippen LogP contribution is -2.35. The zero-order valence-electron chi connectivity index (χ0n) is 16.6. The van der Waals surface area contributed by atoms with Crippen LogP contribution in [0.25, 0.3) is 10.8 Å². The molecule has 1 aliphatic rings. The van der Waals surface area contributed by atoms with Gasteiger partial charge in [0.25, 0.3) is 0 Å². The Kier molecular flexibility index (Phi) is 7.90. The Morgan fingerprint density at radius 2 is 1.78 bits per heavy atom. The smallest absolute Gasteiger partial charge is 0.0874 e. The number of halogens is 1. The third kappa shape index (κ3) is 5.12. The molecular formula is C24H31ClN2. The zero-order chi connectivity index (χ0) is 18.4. The van der Waals surface area contributed by atoms with Gasteiger partial charge in [-0.3, -0.25) is 0 Å². The molecule has 0 N–H and O–H groups in total. The molecule has 0 bridgehead atoms. The molecule has 2 aromatic rings. The first-order valence-corrected chi connectivity index (χ1v) is 9.90. The van der Waals surface area contributed by atoms with Crippen LogP contribution in [-0.2, 0) is 5.41 Å². The second-order valence-electron chi connectivity index (χ2n) is 7.86. The van der Waals surface area contributed by atoms with Crippen molar-refractivity contribution in [3.63, 3.8) is 0 Å². The number of piperidine rings is 1. The standard InChI is InChI=1S/C24H30N2.ClH/c1-20(2)13-14-24(19-25,15-18-26-16-6-3-7-17-26)23-12-8-10-21-9-4-5-11-22(21)23;/h4-5,8-13H,3,6-7,14-18H2,1-2H3;1H. The molecule has 3 heteroatoms. The molecular weight excluding hydrogens is 352 g/mol. The van der Waals surface area contributed by atoms with E-state index in [1.807, 2.05) is 0 Å². The van der Waals surface area contributed by atoms with E-state index in [9.17, 15) is 5.26 Å². The molecule has 0 saturated carbocycles. The average molecular weight is 383 g/mol. The van der Waals surface area contributed by atoms with Gasteiger partial charge in [0.15, 0.2) is 0 Å². The second kappa shape index (κ2) is 9.93. The fourth-order valence-electron chi connectivity index (χ4n) is 4.06. The van der Waals surface area contributed by atoms with Crippen LogP contribution in [0.4, 0.5) is 0 Å². The van der Waals surface area contributed by atoms with Gasteiger partial charge in [-0.1, -0.05) is 60.5 Å². The lowest BCUT2D eigenvalue weighted by molar-refractivity contribution is 0.213. The maximum Gasteiger partial charge on any atom is 0.0874 e. The number of nitriles is 1. The molecule has 144 valence electrons. The number of allylic oxidation sites excluding steroid dienone is 2. The molecule has 1 saturated heterocycles. The number of fused-ring (bicyclic) bond motifs is 1. The first-order valence-electron chi connectivity index (χ1n) is 9.90. The number of benzene rings is 2. The Hall–Kier alpha value is -1.82. The van der Waals surface area contributed by atoms with Crippen LogP contribution in [0.1, 0.15) is 51.5 Å². The van der Waals surface area contributed by atoms with Crippen LogP contribution in [0, 0.1) is 11.3 Å². The molecule has 2 aromatic carbocycles. The van der Waals surface area contributed by atoms with Crippen LogP contribution in [0.2, 0.25) is 0 Å². The second-order valence-corrected chi connectivity index (χ2v) is 7.86. The molecule has 0 aromatic heterocycles. The lowest BCUT2D eigenvalue weighted by atomic mass is 9.73. The normalized spacial score (nSPS) is 16.8. The fourth-order valence-corrected chi connectivity index (χ4v) is 4.06. The van der Waals surface area contributed by atoms with E-state index < -0.39 is 5.41 Å². The van der Waals surface area contributed by atoms with Crippen molar-refractivity contribution in [3.05, 3.63) is 59.7 Å². The van der Waals surface area contributed by atoms with Gasteiger partial charge in [0.1, 0.15) is 0 Å². The van der Waals surface area contributed by atoms with Gasteiger partial charge < -0.3 is 4.90 Å². The van der Waals surface area contributed by atoms with E-state index in [4.69, 9.17) is 0 Å². The van der Waals surface area contributed by atoms with E-state index in [1.165, 1.54) is 54.3 Å². The summed E-state index contributed by atoms with van der Waals surface area (Å²) in [5.41, 5.74) is 2.01. The van der Waals surface area contributed by atoms with Crippen LogP contribution < -0.4 is 0 Å². The molecule has 1 fully saturated rings. The topological polar surface area (TPSA) is 27.0 Å². The summed E-state index contributed by atoms with van der Waals surface area (Å²) < 4.78 is 0. The van der Waals surface area contributed by atoms with Crippen molar-refractivity contribution in [2.75, 3.05) is 19.6 Å². The highest BCUT2D eigenvalue weighted by atomic mass is 35.5. The highest BCUT2D eigenvalue weighted by Crippen LogP contribution is 2.37. The van der Waals surface area contributed by atoms with Gasteiger partial charge >= 0.3 is 0 Å². The van der Waals surface area contributed by atoms with Crippen LogP contribution >= 0.6 is 12.4 Å². The molecule has 1 unspecified atom stereocenters. The Labute approximate surface area is 170 Å². The van der Waals surface area contributed by atoms with Crippen molar-refractivity contribution in [2.45, 2.75) is 51.4 Å². The van der Waals surface area contributed by atoms with Gasteiger partial charge in [-0.25, -0.2) is 0 Å². The van der Waals surface area contributed by atoms with Gasteiger partial charge in [-0.2, -0.15) is 5.26 Å². The third-order valence-electron chi connectivity index (χ3n) is 5.68. The molecule has 2 nitrogen and oxygen atoms in total. The van der Waals surface area contributed by atoms with Crippen molar-refractivity contribution in [2.24, 2.45) is 0 Å². The molecule has 1 atom stereocenters. The average Bonchev–Trinajstić information content (AvgIpc) is 2.69. The van der Waals surface area contributed by atoms with Crippen molar-refractivity contribution < 1.29 is 0 Å². The summed E-state index contributed by atoms with van der Waals surface area (Å²) >= 11 is 0. The van der Waals surface area contributed by atoms with Gasteiger partial charge in [0.05, 0.1) is 11.5 Å². The monoisotopic (exact) mass is 382 g/mol. The Morgan fingerprint density at radius 1 is 1.07 bits per heavy atom. The summed E-state index contributed by atoms with van der Waals surface area (Å²) in [6, 6.07) is 17.6. The van der Waals surface area contributed by atoms with E-state index in [0.717, 1.165) is 19.4 Å². The van der Waals surface area contributed by atoms with E-state index in [2.05, 4.69) is 73.4 Å². The highest BCUT2D eigenvalue weighted by Gasteiger charge is 2.33. The number of rotatable bonds is 6. The molecule has 27 heavy (non-hydrogen) atoms. The molecule has 0 amide bonds. The van der Waals surface area contributed by atoms with Crippen LogP contribution in [0.5, 0.6) is 0 Å². The maximum atomic E-state index is 10.3. The lowest BCUT2D eigenvalue weighted by Gasteiger charge is -2.32. The Bertz CT molecular complexity index is 805. The van der Waals surface area contributed by atoms with Gasteiger partial charge in [0.2, 0.25) is 0 Å². The van der Waals surface area contributed by atoms with E-state index in [0.29, 0.717) is 0 Å². The minimum absolute atomic E-state index is 0. The van der Waals surface area contributed by atoms with E-state index in [-0.39, 0.29) is 12.4 Å². The third-order valence-corrected chi connectivity index (χ3v) is 5.68. The molecule has 1 heterocycles. The minimum Gasteiger partial charge on any atom is -0.303 e. The summed E-state index contributed by atoms with van der Waals surface area (Å²) in [5, 5.41) is 12.8. The van der Waals surface area contributed by atoms with Crippen molar-refractivity contribution >= 4 is 23.2 Å². The summed E-state index contributed by atoms with van der Waals surface area (Å²) in [4.78, 5) is 2.54. The SMILES string of the molecule is CC(C)=CCC(C#N)(CCN1CCCCC1)c1cccc2ccccc12.Cl. The first-order chi connectivity index (χ1) is 12.6. The number of likely N-dealkylation sites (tertiary alicyclic amines) is 1. The summed E-state index contributed by atoms with van der Waals surface area (Å²) in [7, 11) is 0. The predicted molar refractivity (Wildman–Crippen MR) is 117 cm³/mol. The van der Waals surface area contributed by atoms with E-state index in [1.54, 1.807) is 0 Å². The van der Waals surface area contributed by atoms with Crippen molar-refractivity contribution in [1.82, 2.24) is 4.90 Å². The molecule has 0 spiro atoms. The Morgan fingerprint density at radius 3 is 2.48 bits per heavy atom. The molecule has 3 rings (SSSR count). The zero-order valence-corrected chi connectivity index (χ0v) is 17.4. The molecule has 1 aliphatic heterocycles. The van der Waals surface area contributed by atoms with Crippen LogP contribution in [0.15, 0.2) is 54.1 Å². The minimum atomic E-state index is -0.463. The van der Waals surface area contributed by atoms with Crippen LogP contribution in [-0.4, -0.2) is 24.5 Å². The predicted octanol–water partition coefficient (Wildman–Crippen LogP) is 6.26. The van der Waals surface area contributed by atoms with Crippen molar-refractivity contribution in [1.29, 1.82) is 5.26 Å². The number of hydrogen-bond acceptors (Lipinski definition) is 2. The van der Waals surface area contributed by atoms with Crippen LogP contribution in [0.3, 0.4) is 0 Å². The van der Waals surface area contributed by atoms with Gasteiger partial charge in [0, 0.05) is 0 Å². The molecule has 0 radical (unpaired) electrons. The fraction of sp³-hybridized carbons (Fsp3) is 0.458. The Balaban J connectivity index is 0.00000261. The highest BCUT2D eigenvalue weighted by molar-refractivity contribution is 5.87. The maximum absolute atomic E-state index is 10.3. The summed E-state index contributed by atoms with van der Waals surface area (Å²) in [6.45, 7) is 7.61. The molecule has 0 aliphatic carbocycles. The number of hydrogen-bond donors (Lipinski definition) is 0. The number of nitrogens with zero attached hydrogens (tertiary/aromatic N) is 2. The van der Waals surface area contributed by atoms with Gasteiger partial charge in [-0.05, 0) is 75.5 Å². The summed E-state index contributed by atoms with van der Waals surface area (Å²) in [6.07, 6.45) is 7.85. The largest absolute Gasteiger partial charge is 0.303 e.